The zero-order valence-corrected chi connectivity index (χ0v) is 7.35. The lowest BCUT2D eigenvalue weighted by Gasteiger charge is -2.04. The molecule has 1 radical (unpaired) electrons. The van der Waals surface area contributed by atoms with Crippen molar-refractivity contribution in [3.63, 3.8) is 0 Å². The van der Waals surface area contributed by atoms with Crippen molar-refractivity contribution in [1.29, 1.82) is 0 Å². The molecule has 0 saturated carbocycles. The first kappa shape index (κ1) is 8.32. The van der Waals surface area contributed by atoms with E-state index in [4.69, 9.17) is 0 Å². The predicted molar refractivity (Wildman–Crippen MR) is 49.6 cm³/mol. The maximum absolute atomic E-state index is 3.89. The van der Waals surface area contributed by atoms with Crippen LogP contribution in [0.4, 0.5) is 0 Å². The second kappa shape index (κ2) is 3.56. The Hall–Kier alpha value is -0.780. The molecule has 0 saturated heterocycles. The highest BCUT2D eigenvalue weighted by Gasteiger charge is 1.95. The van der Waals surface area contributed by atoms with Crippen molar-refractivity contribution in [3.05, 3.63) is 41.8 Å². The van der Waals surface area contributed by atoms with E-state index < -0.39 is 0 Å². The van der Waals surface area contributed by atoms with Crippen LogP contribution in [0.5, 0.6) is 0 Å². The second-order valence-corrected chi connectivity index (χ2v) is 2.86. The van der Waals surface area contributed by atoms with Gasteiger partial charge in [-0.3, -0.25) is 0 Å². The van der Waals surface area contributed by atoms with Gasteiger partial charge in [-0.15, -0.1) is 0 Å². The van der Waals surface area contributed by atoms with Gasteiger partial charge in [0.1, 0.15) is 0 Å². The molecular formula is C11H15. The minimum Gasteiger partial charge on any atom is -0.0613 e. The summed E-state index contributed by atoms with van der Waals surface area (Å²) in [5, 5.41) is 0. The maximum Gasteiger partial charge on any atom is -0.0276 e. The molecule has 1 aromatic rings. The van der Waals surface area contributed by atoms with Crippen molar-refractivity contribution in [2.45, 2.75) is 26.7 Å². The normalized spacial score (nSPS) is 10.1. The summed E-state index contributed by atoms with van der Waals surface area (Å²) < 4.78 is 0. The SMILES string of the molecule is [CH2]Cc1cc(CC)ccc1C. The Balaban J connectivity index is 3.02. The molecule has 0 heterocycles. The minimum atomic E-state index is 0.902. The van der Waals surface area contributed by atoms with E-state index in [9.17, 15) is 0 Å². The molecule has 0 heteroatoms. The molecule has 0 aromatic heterocycles. The monoisotopic (exact) mass is 147 g/mol. The van der Waals surface area contributed by atoms with Crippen LogP contribution in [-0.4, -0.2) is 0 Å². The molecule has 1 rings (SSSR count). The molecule has 0 amide bonds. The maximum atomic E-state index is 3.89. The van der Waals surface area contributed by atoms with Crippen LogP contribution in [0.3, 0.4) is 0 Å². The summed E-state index contributed by atoms with van der Waals surface area (Å²) >= 11 is 0. The average Bonchev–Trinajstić information content (AvgIpc) is 2.05. The summed E-state index contributed by atoms with van der Waals surface area (Å²) in [6.45, 7) is 8.21. The molecule has 0 atom stereocenters. The second-order valence-electron chi connectivity index (χ2n) is 2.86. The van der Waals surface area contributed by atoms with Crippen molar-refractivity contribution in [2.75, 3.05) is 0 Å². The van der Waals surface area contributed by atoms with E-state index >= 15 is 0 Å². The first-order valence-electron chi connectivity index (χ1n) is 4.15. The molecule has 0 bridgehead atoms. The average molecular weight is 147 g/mol. The molecule has 11 heavy (non-hydrogen) atoms. The van der Waals surface area contributed by atoms with Gasteiger partial charge in [0.15, 0.2) is 0 Å². The molecule has 0 nitrogen and oxygen atoms in total. The van der Waals surface area contributed by atoms with Crippen LogP contribution >= 0.6 is 0 Å². The third-order valence-corrected chi connectivity index (χ3v) is 2.09. The molecule has 0 unspecified atom stereocenters. The summed E-state index contributed by atoms with van der Waals surface area (Å²) in [5.41, 5.74) is 4.15. The molecular weight excluding hydrogens is 132 g/mol. The molecule has 0 N–H and O–H groups in total. The Labute approximate surface area is 69.3 Å². The van der Waals surface area contributed by atoms with Gasteiger partial charge in [0.2, 0.25) is 0 Å². The van der Waals surface area contributed by atoms with Crippen molar-refractivity contribution >= 4 is 0 Å². The van der Waals surface area contributed by atoms with Crippen molar-refractivity contribution in [2.24, 2.45) is 0 Å². The van der Waals surface area contributed by atoms with E-state index in [2.05, 4.69) is 39.0 Å². The molecule has 0 aliphatic carbocycles. The van der Waals surface area contributed by atoms with Crippen molar-refractivity contribution in [3.8, 4) is 0 Å². The lowest BCUT2D eigenvalue weighted by Crippen LogP contribution is -1.89. The predicted octanol–water partition coefficient (Wildman–Crippen LogP) is 2.93. The number of hydrogen-bond acceptors (Lipinski definition) is 0. The molecule has 0 aliphatic heterocycles. The summed E-state index contributed by atoms with van der Waals surface area (Å²) in [4.78, 5) is 0. The third-order valence-electron chi connectivity index (χ3n) is 2.09. The van der Waals surface area contributed by atoms with Crippen LogP contribution in [0.2, 0.25) is 0 Å². The van der Waals surface area contributed by atoms with Gasteiger partial charge in [0.25, 0.3) is 0 Å². The number of hydrogen-bond donors (Lipinski definition) is 0. The van der Waals surface area contributed by atoms with Gasteiger partial charge in [-0.2, -0.15) is 0 Å². The van der Waals surface area contributed by atoms with E-state index in [0.717, 1.165) is 12.8 Å². The van der Waals surface area contributed by atoms with Crippen LogP contribution in [0, 0.1) is 13.8 Å². The summed E-state index contributed by atoms with van der Waals surface area (Å²) in [7, 11) is 0. The van der Waals surface area contributed by atoms with Crippen LogP contribution < -0.4 is 0 Å². The van der Waals surface area contributed by atoms with Gasteiger partial charge in [0.05, 0.1) is 0 Å². The van der Waals surface area contributed by atoms with E-state index in [-0.39, 0.29) is 0 Å². The lowest BCUT2D eigenvalue weighted by molar-refractivity contribution is 1.10. The van der Waals surface area contributed by atoms with Gasteiger partial charge in [-0.05, 0) is 43.4 Å². The van der Waals surface area contributed by atoms with Crippen molar-refractivity contribution < 1.29 is 0 Å². The van der Waals surface area contributed by atoms with Gasteiger partial charge < -0.3 is 0 Å². The molecule has 59 valence electrons. The summed E-state index contributed by atoms with van der Waals surface area (Å²) in [6, 6.07) is 6.62. The molecule has 0 fully saturated rings. The zero-order chi connectivity index (χ0) is 8.27. The Bertz CT molecular complexity index is 236. The molecule has 0 spiro atoms. The quantitative estimate of drug-likeness (QED) is 0.603. The highest BCUT2D eigenvalue weighted by molar-refractivity contribution is 5.31. The molecule has 1 aromatic carbocycles. The minimum absolute atomic E-state index is 0.902. The Morgan fingerprint density at radius 1 is 1.36 bits per heavy atom. The topological polar surface area (TPSA) is 0 Å². The Morgan fingerprint density at radius 3 is 2.64 bits per heavy atom. The van der Waals surface area contributed by atoms with Crippen LogP contribution in [0.1, 0.15) is 23.6 Å². The first-order chi connectivity index (χ1) is 5.27. The fraction of sp³-hybridized carbons (Fsp3) is 0.364. The summed E-state index contributed by atoms with van der Waals surface area (Å²) in [5.74, 6) is 0. The number of benzene rings is 1. The highest BCUT2D eigenvalue weighted by atomic mass is 14.0. The lowest BCUT2D eigenvalue weighted by atomic mass is 10.0. The van der Waals surface area contributed by atoms with Crippen LogP contribution in [0.25, 0.3) is 0 Å². The van der Waals surface area contributed by atoms with Gasteiger partial charge in [0, 0.05) is 0 Å². The Kier molecular flexibility index (Phi) is 2.70. The van der Waals surface area contributed by atoms with Crippen LogP contribution in [0.15, 0.2) is 18.2 Å². The Morgan fingerprint density at radius 2 is 2.09 bits per heavy atom. The van der Waals surface area contributed by atoms with E-state index in [1.165, 1.54) is 16.7 Å². The van der Waals surface area contributed by atoms with Crippen molar-refractivity contribution in [1.82, 2.24) is 0 Å². The number of aryl methyl sites for hydroxylation is 2. The molecule has 0 aliphatic rings. The van der Waals surface area contributed by atoms with Crippen LogP contribution in [-0.2, 0) is 12.8 Å². The third kappa shape index (κ3) is 1.83. The highest BCUT2D eigenvalue weighted by Crippen LogP contribution is 2.11. The van der Waals surface area contributed by atoms with E-state index in [0.29, 0.717) is 0 Å². The fourth-order valence-corrected chi connectivity index (χ4v) is 1.21. The van der Waals surface area contributed by atoms with Gasteiger partial charge >= 0.3 is 0 Å². The zero-order valence-electron chi connectivity index (χ0n) is 7.35. The largest absolute Gasteiger partial charge is 0.0613 e. The fourth-order valence-electron chi connectivity index (χ4n) is 1.21. The van der Waals surface area contributed by atoms with E-state index in [1.807, 2.05) is 0 Å². The smallest absolute Gasteiger partial charge is 0.0276 e. The summed E-state index contributed by atoms with van der Waals surface area (Å²) in [6.07, 6.45) is 2.02. The van der Waals surface area contributed by atoms with E-state index in [1.54, 1.807) is 0 Å². The number of rotatable bonds is 2. The first-order valence-corrected chi connectivity index (χ1v) is 4.15. The van der Waals surface area contributed by atoms with Gasteiger partial charge in [-0.1, -0.05) is 25.1 Å². The standard InChI is InChI=1S/C11H15/c1-4-10-7-6-9(3)11(5-2)8-10/h6-8H,2,4-5H2,1,3H3. The van der Waals surface area contributed by atoms with Gasteiger partial charge in [-0.25, -0.2) is 0 Å².